The third-order valence-corrected chi connectivity index (χ3v) is 5.30. The molecule has 6 heteroatoms. The van der Waals surface area contributed by atoms with Crippen LogP contribution in [0.25, 0.3) is 10.2 Å². The van der Waals surface area contributed by atoms with Gasteiger partial charge in [-0.2, -0.15) is 4.98 Å². The Hall–Kier alpha value is -2.47. The molecule has 0 radical (unpaired) electrons. The molecule has 24 heavy (non-hydrogen) atoms. The summed E-state index contributed by atoms with van der Waals surface area (Å²) >= 11 is 1.73. The second kappa shape index (κ2) is 5.87. The summed E-state index contributed by atoms with van der Waals surface area (Å²) < 4.78 is 10.8. The fourth-order valence-electron chi connectivity index (χ4n) is 3.05. The summed E-state index contributed by atoms with van der Waals surface area (Å²) in [4.78, 5) is 23.1. The maximum Gasteiger partial charge on any atom is 0.337 e. The Morgan fingerprint density at radius 3 is 2.96 bits per heavy atom. The van der Waals surface area contributed by atoms with Gasteiger partial charge in [0.15, 0.2) is 0 Å². The number of benzene rings is 1. The predicted molar refractivity (Wildman–Crippen MR) is 92.0 cm³/mol. The molecule has 4 rings (SSSR count). The van der Waals surface area contributed by atoms with Gasteiger partial charge in [0, 0.05) is 4.88 Å². The van der Waals surface area contributed by atoms with Crippen LogP contribution < -0.4 is 4.74 Å². The SMILES string of the molecule is COC(=O)c1cccc(Oc2nc(C)nc3sc4c(c23)CCC4)c1. The average Bonchev–Trinajstić information content (AvgIpc) is 3.14. The highest BCUT2D eigenvalue weighted by Crippen LogP contribution is 2.41. The lowest BCUT2D eigenvalue weighted by Gasteiger charge is -2.09. The van der Waals surface area contributed by atoms with Crippen LogP contribution in [0.1, 0.15) is 33.0 Å². The monoisotopic (exact) mass is 340 g/mol. The van der Waals surface area contributed by atoms with Gasteiger partial charge in [0.25, 0.3) is 0 Å². The van der Waals surface area contributed by atoms with Gasteiger partial charge in [-0.05, 0) is 49.9 Å². The molecule has 1 aromatic carbocycles. The van der Waals surface area contributed by atoms with E-state index in [0.29, 0.717) is 23.0 Å². The van der Waals surface area contributed by atoms with Crippen molar-refractivity contribution in [2.24, 2.45) is 0 Å². The summed E-state index contributed by atoms with van der Waals surface area (Å²) in [6.45, 7) is 1.86. The molecule has 0 fully saturated rings. The Morgan fingerprint density at radius 2 is 2.12 bits per heavy atom. The molecule has 0 amide bonds. The minimum Gasteiger partial charge on any atom is -0.465 e. The lowest BCUT2D eigenvalue weighted by molar-refractivity contribution is 0.0600. The van der Waals surface area contributed by atoms with E-state index in [-0.39, 0.29) is 5.97 Å². The van der Waals surface area contributed by atoms with Crippen LogP contribution in [0.15, 0.2) is 24.3 Å². The van der Waals surface area contributed by atoms with Crippen LogP contribution in [0, 0.1) is 6.92 Å². The molecule has 5 nitrogen and oxygen atoms in total. The first-order valence-corrected chi connectivity index (χ1v) is 8.62. The molecule has 2 aromatic heterocycles. The van der Waals surface area contributed by atoms with Gasteiger partial charge in [-0.15, -0.1) is 11.3 Å². The number of aromatic nitrogens is 2. The van der Waals surface area contributed by atoms with Crippen molar-refractivity contribution < 1.29 is 14.3 Å². The maximum atomic E-state index is 11.7. The summed E-state index contributed by atoms with van der Waals surface area (Å²) in [6.07, 6.45) is 3.31. The van der Waals surface area contributed by atoms with Crippen LogP contribution in [0.5, 0.6) is 11.6 Å². The van der Waals surface area contributed by atoms with Crippen molar-refractivity contribution in [3.05, 3.63) is 46.1 Å². The molecule has 0 saturated heterocycles. The number of rotatable bonds is 3. The van der Waals surface area contributed by atoms with Gasteiger partial charge in [0.1, 0.15) is 16.4 Å². The van der Waals surface area contributed by atoms with Crippen LogP contribution in [-0.4, -0.2) is 23.0 Å². The van der Waals surface area contributed by atoms with Gasteiger partial charge >= 0.3 is 5.97 Å². The summed E-state index contributed by atoms with van der Waals surface area (Å²) in [5.74, 6) is 1.43. The average molecular weight is 340 g/mol. The van der Waals surface area contributed by atoms with Crippen molar-refractivity contribution in [3.8, 4) is 11.6 Å². The van der Waals surface area contributed by atoms with E-state index in [4.69, 9.17) is 9.47 Å². The predicted octanol–water partition coefficient (Wildman–Crippen LogP) is 4.07. The Labute approximate surface area is 143 Å². The fraction of sp³-hybridized carbons (Fsp3) is 0.278. The van der Waals surface area contributed by atoms with Gasteiger partial charge in [0.2, 0.25) is 5.88 Å². The molecule has 0 unspecified atom stereocenters. The standard InChI is InChI=1S/C18H16N2O3S/c1-10-19-16(15-13-7-4-8-14(13)24-17(15)20-10)23-12-6-3-5-11(9-12)18(21)22-2/h3,5-6,9H,4,7-8H2,1-2H3. The molecular formula is C18H16N2O3S. The molecule has 0 aliphatic heterocycles. The Balaban J connectivity index is 1.79. The summed E-state index contributed by atoms with van der Waals surface area (Å²) in [5.41, 5.74) is 1.77. The molecule has 1 aliphatic rings. The van der Waals surface area contributed by atoms with Crippen LogP contribution in [0.4, 0.5) is 0 Å². The Bertz CT molecular complexity index is 949. The van der Waals surface area contributed by atoms with E-state index in [1.165, 1.54) is 24.0 Å². The second-order valence-corrected chi connectivity index (χ2v) is 6.82. The summed E-state index contributed by atoms with van der Waals surface area (Å²) in [7, 11) is 1.36. The lowest BCUT2D eigenvalue weighted by Crippen LogP contribution is -2.01. The van der Waals surface area contributed by atoms with Crippen molar-refractivity contribution in [3.63, 3.8) is 0 Å². The smallest absolute Gasteiger partial charge is 0.337 e. The van der Waals surface area contributed by atoms with Crippen LogP contribution in [0.3, 0.4) is 0 Å². The molecule has 3 aromatic rings. The fourth-order valence-corrected chi connectivity index (χ4v) is 4.35. The van der Waals surface area contributed by atoms with Crippen molar-refractivity contribution in [1.29, 1.82) is 0 Å². The zero-order valence-corrected chi connectivity index (χ0v) is 14.3. The molecule has 0 spiro atoms. The van der Waals surface area contributed by atoms with Crippen LogP contribution in [0.2, 0.25) is 0 Å². The van der Waals surface area contributed by atoms with Gasteiger partial charge < -0.3 is 9.47 Å². The van der Waals surface area contributed by atoms with Crippen molar-refractivity contribution in [1.82, 2.24) is 9.97 Å². The van der Waals surface area contributed by atoms with Gasteiger partial charge in [-0.25, -0.2) is 9.78 Å². The minimum atomic E-state index is -0.388. The van der Waals surface area contributed by atoms with Gasteiger partial charge in [-0.3, -0.25) is 0 Å². The van der Waals surface area contributed by atoms with E-state index in [2.05, 4.69) is 9.97 Å². The Morgan fingerprint density at radius 1 is 1.25 bits per heavy atom. The molecule has 0 saturated carbocycles. The number of aryl methyl sites for hydroxylation is 3. The number of hydrogen-bond donors (Lipinski definition) is 0. The van der Waals surface area contributed by atoms with Gasteiger partial charge in [-0.1, -0.05) is 6.07 Å². The molecule has 0 bridgehead atoms. The highest BCUT2D eigenvalue weighted by atomic mass is 32.1. The van der Waals surface area contributed by atoms with Crippen molar-refractivity contribution in [2.75, 3.05) is 7.11 Å². The number of ether oxygens (including phenoxy) is 2. The zero-order valence-electron chi connectivity index (χ0n) is 13.5. The maximum absolute atomic E-state index is 11.7. The van der Waals surface area contributed by atoms with Crippen LogP contribution >= 0.6 is 11.3 Å². The number of nitrogens with zero attached hydrogens (tertiary/aromatic N) is 2. The number of hydrogen-bond acceptors (Lipinski definition) is 6. The number of thiophene rings is 1. The third kappa shape index (κ3) is 2.53. The molecule has 0 atom stereocenters. The van der Waals surface area contributed by atoms with E-state index < -0.39 is 0 Å². The molecule has 1 aliphatic carbocycles. The largest absolute Gasteiger partial charge is 0.465 e. The second-order valence-electron chi connectivity index (χ2n) is 5.73. The van der Waals surface area contributed by atoms with E-state index >= 15 is 0 Å². The molecule has 0 N–H and O–H groups in total. The Kier molecular flexibility index (Phi) is 3.69. The number of carbonyl (C=O) groups is 1. The first kappa shape index (κ1) is 15.1. The van der Waals surface area contributed by atoms with E-state index in [0.717, 1.165) is 23.1 Å². The zero-order chi connectivity index (χ0) is 16.7. The summed E-state index contributed by atoms with van der Waals surface area (Å²) in [5, 5.41) is 1.02. The topological polar surface area (TPSA) is 61.3 Å². The van der Waals surface area contributed by atoms with Crippen molar-refractivity contribution >= 4 is 27.5 Å². The van der Waals surface area contributed by atoms with Crippen LogP contribution in [-0.2, 0) is 17.6 Å². The number of carbonyl (C=O) groups excluding carboxylic acids is 1. The number of esters is 1. The van der Waals surface area contributed by atoms with E-state index in [9.17, 15) is 4.79 Å². The third-order valence-electron chi connectivity index (χ3n) is 4.11. The highest BCUT2D eigenvalue weighted by Gasteiger charge is 2.23. The quantitative estimate of drug-likeness (QED) is 0.673. The van der Waals surface area contributed by atoms with E-state index in [1.54, 1.807) is 29.5 Å². The molecule has 2 heterocycles. The van der Waals surface area contributed by atoms with Gasteiger partial charge in [0.05, 0.1) is 18.1 Å². The molecule has 122 valence electrons. The molecular weight excluding hydrogens is 324 g/mol. The number of methoxy groups -OCH3 is 1. The summed E-state index contributed by atoms with van der Waals surface area (Å²) in [6, 6.07) is 6.94. The number of fused-ring (bicyclic) bond motifs is 3. The first-order chi connectivity index (χ1) is 11.7. The highest BCUT2D eigenvalue weighted by molar-refractivity contribution is 7.19. The lowest BCUT2D eigenvalue weighted by atomic mass is 10.2. The van der Waals surface area contributed by atoms with Crippen molar-refractivity contribution in [2.45, 2.75) is 26.2 Å². The first-order valence-electron chi connectivity index (χ1n) is 7.81. The minimum absolute atomic E-state index is 0.388. The van der Waals surface area contributed by atoms with E-state index in [1.807, 2.05) is 13.0 Å². The normalized spacial score (nSPS) is 13.1.